The van der Waals surface area contributed by atoms with Crippen molar-refractivity contribution in [2.24, 2.45) is 0 Å². The van der Waals surface area contributed by atoms with Crippen molar-refractivity contribution < 1.29 is 9.18 Å². The summed E-state index contributed by atoms with van der Waals surface area (Å²) in [5, 5.41) is 0. The molecule has 80 valence electrons. The Balaban J connectivity index is 2.48. The summed E-state index contributed by atoms with van der Waals surface area (Å²) in [5.74, 6) is -1.17. The predicted octanol–water partition coefficient (Wildman–Crippen LogP) is 1.43. The number of carbonyl (C=O) groups excluding carboxylic acids is 1. The van der Waals surface area contributed by atoms with E-state index in [0.717, 1.165) is 0 Å². The third-order valence-corrected chi connectivity index (χ3v) is 2.06. The van der Waals surface area contributed by atoms with Crippen molar-refractivity contribution in [3.8, 4) is 0 Å². The quantitative estimate of drug-likeness (QED) is 0.772. The summed E-state index contributed by atoms with van der Waals surface area (Å²) in [4.78, 5) is 19.3. The van der Waals surface area contributed by atoms with Crippen LogP contribution in [0.5, 0.6) is 0 Å². The molecule has 0 aromatic carbocycles. The monoisotopic (exact) mass is 217 g/mol. The van der Waals surface area contributed by atoms with E-state index in [0.29, 0.717) is 0 Å². The molecule has 0 aliphatic carbocycles. The molecule has 0 bridgehead atoms. The van der Waals surface area contributed by atoms with Crippen LogP contribution in [-0.4, -0.2) is 15.8 Å². The first-order valence-electron chi connectivity index (χ1n) is 4.56. The van der Waals surface area contributed by atoms with Crippen LogP contribution < -0.4 is 5.73 Å². The number of aromatic nitrogens is 2. The lowest BCUT2D eigenvalue weighted by atomic mass is 10.1. The lowest BCUT2D eigenvalue weighted by Crippen LogP contribution is -2.10. The van der Waals surface area contributed by atoms with Crippen LogP contribution in [0.1, 0.15) is 16.1 Å². The highest BCUT2D eigenvalue weighted by Crippen LogP contribution is 2.14. The van der Waals surface area contributed by atoms with Gasteiger partial charge < -0.3 is 5.73 Å². The minimum absolute atomic E-state index is 0.0672. The molecular weight excluding hydrogens is 209 g/mol. The molecule has 0 saturated carbocycles. The number of rotatable bonds is 2. The summed E-state index contributed by atoms with van der Waals surface area (Å²) >= 11 is 0. The van der Waals surface area contributed by atoms with E-state index in [2.05, 4.69) is 9.97 Å². The fraction of sp³-hybridized carbons (Fsp3) is 0. The number of anilines is 1. The number of pyridine rings is 2. The molecule has 0 radical (unpaired) electrons. The molecule has 0 saturated heterocycles. The highest BCUT2D eigenvalue weighted by Gasteiger charge is 2.17. The number of hydrogen-bond acceptors (Lipinski definition) is 4. The molecule has 2 rings (SSSR count). The highest BCUT2D eigenvalue weighted by atomic mass is 19.1. The SMILES string of the molecule is Nc1ncccc1C(=O)c1ncccc1F. The smallest absolute Gasteiger partial charge is 0.218 e. The number of halogens is 1. The average molecular weight is 217 g/mol. The van der Waals surface area contributed by atoms with Gasteiger partial charge in [-0.3, -0.25) is 4.79 Å². The number of hydrogen-bond donors (Lipinski definition) is 1. The highest BCUT2D eigenvalue weighted by molar-refractivity contribution is 6.10. The molecule has 0 aliphatic rings. The number of nitrogen functional groups attached to an aromatic ring is 1. The molecular formula is C11H8FN3O. The Labute approximate surface area is 91.0 Å². The van der Waals surface area contributed by atoms with Crippen molar-refractivity contribution in [2.45, 2.75) is 0 Å². The normalized spacial score (nSPS) is 10.1. The molecule has 0 fully saturated rings. The molecule has 5 heteroatoms. The van der Waals surface area contributed by atoms with E-state index in [1.807, 2.05) is 0 Å². The van der Waals surface area contributed by atoms with Gasteiger partial charge in [0.1, 0.15) is 11.5 Å². The van der Waals surface area contributed by atoms with Gasteiger partial charge in [-0.05, 0) is 24.3 Å². The maximum atomic E-state index is 13.3. The third-order valence-electron chi connectivity index (χ3n) is 2.06. The number of nitrogens with two attached hydrogens (primary N) is 1. The van der Waals surface area contributed by atoms with E-state index in [9.17, 15) is 9.18 Å². The maximum absolute atomic E-state index is 13.3. The van der Waals surface area contributed by atoms with Crippen LogP contribution in [0.4, 0.5) is 10.2 Å². The van der Waals surface area contributed by atoms with Crippen LogP contribution in [0.25, 0.3) is 0 Å². The van der Waals surface area contributed by atoms with Gasteiger partial charge in [-0.1, -0.05) is 0 Å². The van der Waals surface area contributed by atoms with E-state index < -0.39 is 11.6 Å². The van der Waals surface area contributed by atoms with Crippen molar-refractivity contribution in [3.05, 3.63) is 53.7 Å². The topological polar surface area (TPSA) is 68.9 Å². The van der Waals surface area contributed by atoms with Gasteiger partial charge in [-0.2, -0.15) is 0 Å². The Morgan fingerprint density at radius 2 is 1.88 bits per heavy atom. The lowest BCUT2D eigenvalue weighted by Gasteiger charge is -2.03. The van der Waals surface area contributed by atoms with E-state index in [1.165, 1.54) is 30.6 Å². The summed E-state index contributed by atoms with van der Waals surface area (Å²) in [5.41, 5.74) is 5.43. The Kier molecular flexibility index (Phi) is 2.59. The standard InChI is InChI=1S/C11H8FN3O/c12-8-4-2-5-14-9(8)10(16)7-3-1-6-15-11(7)13/h1-6H,(H2,13,15). The summed E-state index contributed by atoms with van der Waals surface area (Å²) in [7, 11) is 0. The van der Waals surface area contributed by atoms with Crippen LogP contribution >= 0.6 is 0 Å². The zero-order valence-electron chi connectivity index (χ0n) is 8.22. The molecule has 0 atom stereocenters. The first kappa shape index (κ1) is 10.2. The second-order valence-electron chi connectivity index (χ2n) is 3.10. The Hall–Kier alpha value is -2.30. The average Bonchev–Trinajstić information content (AvgIpc) is 2.29. The molecule has 2 aromatic rings. The van der Waals surface area contributed by atoms with Gasteiger partial charge in [-0.25, -0.2) is 14.4 Å². The summed E-state index contributed by atoms with van der Waals surface area (Å²) < 4.78 is 13.3. The van der Waals surface area contributed by atoms with E-state index in [-0.39, 0.29) is 17.1 Å². The minimum atomic E-state index is -0.671. The van der Waals surface area contributed by atoms with Crippen molar-refractivity contribution in [1.82, 2.24) is 9.97 Å². The summed E-state index contributed by atoms with van der Waals surface area (Å²) in [6.45, 7) is 0. The third kappa shape index (κ3) is 1.75. The molecule has 0 aliphatic heterocycles. The fourth-order valence-corrected chi connectivity index (χ4v) is 1.29. The second-order valence-corrected chi connectivity index (χ2v) is 3.10. The predicted molar refractivity (Wildman–Crippen MR) is 56.3 cm³/mol. The van der Waals surface area contributed by atoms with Crippen molar-refractivity contribution in [3.63, 3.8) is 0 Å². The zero-order valence-corrected chi connectivity index (χ0v) is 8.22. The first-order valence-corrected chi connectivity index (χ1v) is 4.56. The van der Waals surface area contributed by atoms with Crippen LogP contribution in [0.3, 0.4) is 0 Å². The molecule has 0 spiro atoms. The molecule has 4 nitrogen and oxygen atoms in total. The molecule has 16 heavy (non-hydrogen) atoms. The Morgan fingerprint density at radius 3 is 2.56 bits per heavy atom. The molecule has 2 heterocycles. The number of ketones is 1. The van der Waals surface area contributed by atoms with Crippen molar-refractivity contribution in [2.75, 3.05) is 5.73 Å². The maximum Gasteiger partial charge on any atom is 0.218 e. The molecule has 0 unspecified atom stereocenters. The largest absolute Gasteiger partial charge is 0.383 e. The Morgan fingerprint density at radius 1 is 1.19 bits per heavy atom. The minimum Gasteiger partial charge on any atom is -0.383 e. The summed E-state index contributed by atoms with van der Waals surface area (Å²) in [6.07, 6.45) is 2.81. The Bertz CT molecular complexity index is 495. The van der Waals surface area contributed by atoms with Gasteiger partial charge >= 0.3 is 0 Å². The number of nitrogens with zero attached hydrogens (tertiary/aromatic N) is 2. The number of carbonyl (C=O) groups is 1. The first-order chi connectivity index (χ1) is 7.70. The van der Waals surface area contributed by atoms with Gasteiger partial charge in [0.2, 0.25) is 5.78 Å². The van der Waals surface area contributed by atoms with E-state index in [4.69, 9.17) is 5.73 Å². The van der Waals surface area contributed by atoms with Crippen LogP contribution in [0.15, 0.2) is 36.7 Å². The van der Waals surface area contributed by atoms with Gasteiger partial charge in [0.25, 0.3) is 0 Å². The molecule has 0 amide bonds. The van der Waals surface area contributed by atoms with Gasteiger partial charge in [-0.15, -0.1) is 0 Å². The van der Waals surface area contributed by atoms with E-state index >= 15 is 0 Å². The second kappa shape index (κ2) is 4.06. The van der Waals surface area contributed by atoms with Crippen LogP contribution in [0, 0.1) is 5.82 Å². The lowest BCUT2D eigenvalue weighted by molar-refractivity contribution is 0.103. The molecule has 2 N–H and O–H groups in total. The van der Waals surface area contributed by atoms with Crippen molar-refractivity contribution >= 4 is 11.6 Å². The van der Waals surface area contributed by atoms with Gasteiger partial charge in [0.05, 0.1) is 5.56 Å². The van der Waals surface area contributed by atoms with Gasteiger partial charge in [0.15, 0.2) is 5.82 Å². The van der Waals surface area contributed by atoms with Gasteiger partial charge in [0, 0.05) is 12.4 Å². The fourth-order valence-electron chi connectivity index (χ4n) is 1.29. The van der Waals surface area contributed by atoms with Crippen LogP contribution in [0.2, 0.25) is 0 Å². The zero-order chi connectivity index (χ0) is 11.5. The molecule has 2 aromatic heterocycles. The van der Waals surface area contributed by atoms with Crippen LogP contribution in [-0.2, 0) is 0 Å². The van der Waals surface area contributed by atoms with Crippen molar-refractivity contribution in [1.29, 1.82) is 0 Å². The summed E-state index contributed by atoms with van der Waals surface area (Å²) in [6, 6.07) is 5.63. The van der Waals surface area contributed by atoms with E-state index in [1.54, 1.807) is 6.07 Å².